The van der Waals surface area contributed by atoms with Crippen LogP contribution in [0.5, 0.6) is 0 Å². The second kappa shape index (κ2) is 6.74. The van der Waals surface area contributed by atoms with Crippen LogP contribution in [-0.2, 0) is 9.59 Å². The predicted octanol–water partition coefficient (Wildman–Crippen LogP) is 1.10. The average Bonchev–Trinajstić information content (AvgIpc) is 2.34. The molecule has 0 saturated heterocycles. The maximum absolute atomic E-state index is 11.9. The third-order valence-electron chi connectivity index (χ3n) is 2.14. The first-order valence-corrected chi connectivity index (χ1v) is 6.19. The van der Waals surface area contributed by atoms with Crippen LogP contribution in [0, 0.1) is 0 Å². The van der Waals surface area contributed by atoms with E-state index in [1.807, 2.05) is 0 Å². The lowest BCUT2D eigenvalue weighted by atomic mass is 10.2. The number of amides is 2. The fraction of sp³-hybridized carbons (Fsp3) is 0.200. The molecule has 7 nitrogen and oxygen atoms in total. The zero-order valence-electron chi connectivity index (χ0n) is 9.69. The molecule has 4 N–H and O–H groups in total. The minimum absolute atomic E-state index is 0.0418. The van der Waals surface area contributed by atoms with Gasteiger partial charge in [-0.2, -0.15) is 0 Å². The van der Waals surface area contributed by atoms with Crippen LogP contribution in [0.15, 0.2) is 6.20 Å². The molecule has 1 heterocycles. The molecule has 0 unspecified atom stereocenters. The van der Waals surface area contributed by atoms with Crippen LogP contribution in [0.25, 0.3) is 0 Å². The molecule has 1 atom stereocenters. The standard InChI is InChI=1S/C10H8Cl3N3O4/c11-3-2-15-8(7(13)6(3)12)9(18)16-4(10(19)20)1-5(14)17/h2,4H,1H2,(H2,14,17)(H,16,18)(H,19,20)/t4-/m1/s1. The van der Waals surface area contributed by atoms with Gasteiger partial charge in [-0.05, 0) is 0 Å². The highest BCUT2D eigenvalue weighted by Gasteiger charge is 2.25. The van der Waals surface area contributed by atoms with Crippen molar-refractivity contribution in [3.8, 4) is 0 Å². The highest BCUT2D eigenvalue weighted by molar-refractivity contribution is 6.48. The van der Waals surface area contributed by atoms with Crippen molar-refractivity contribution in [2.45, 2.75) is 12.5 Å². The number of primary amides is 1. The van der Waals surface area contributed by atoms with Gasteiger partial charge in [-0.1, -0.05) is 34.8 Å². The van der Waals surface area contributed by atoms with Crippen molar-refractivity contribution in [3.63, 3.8) is 0 Å². The van der Waals surface area contributed by atoms with Gasteiger partial charge in [0, 0.05) is 6.20 Å². The number of hydrogen-bond donors (Lipinski definition) is 3. The Balaban J connectivity index is 2.98. The van der Waals surface area contributed by atoms with Crippen LogP contribution in [0.1, 0.15) is 16.9 Å². The third-order valence-corrected chi connectivity index (χ3v) is 3.38. The SMILES string of the molecule is NC(=O)C[C@@H](NC(=O)c1ncc(Cl)c(Cl)c1Cl)C(=O)O. The van der Waals surface area contributed by atoms with E-state index in [1.54, 1.807) is 0 Å². The molecule has 0 aromatic carbocycles. The van der Waals surface area contributed by atoms with Gasteiger partial charge in [0.2, 0.25) is 5.91 Å². The molecule has 0 aliphatic carbocycles. The zero-order chi connectivity index (χ0) is 15.4. The van der Waals surface area contributed by atoms with Crippen LogP contribution in [0.3, 0.4) is 0 Å². The number of carbonyl (C=O) groups excluding carboxylic acids is 2. The Morgan fingerprint density at radius 2 is 1.90 bits per heavy atom. The topological polar surface area (TPSA) is 122 Å². The Bertz CT molecular complexity index is 579. The van der Waals surface area contributed by atoms with Gasteiger partial charge in [0.05, 0.1) is 21.5 Å². The lowest BCUT2D eigenvalue weighted by molar-refractivity contribution is -0.140. The fourth-order valence-corrected chi connectivity index (χ4v) is 1.80. The van der Waals surface area contributed by atoms with Gasteiger partial charge in [-0.25, -0.2) is 9.78 Å². The van der Waals surface area contributed by atoms with Gasteiger partial charge in [0.15, 0.2) is 0 Å². The van der Waals surface area contributed by atoms with E-state index >= 15 is 0 Å². The van der Waals surface area contributed by atoms with Gasteiger partial charge >= 0.3 is 5.97 Å². The number of pyridine rings is 1. The van der Waals surface area contributed by atoms with Gasteiger partial charge in [0.25, 0.3) is 5.91 Å². The first kappa shape index (κ1) is 16.5. The second-order valence-electron chi connectivity index (χ2n) is 3.62. The first-order valence-electron chi connectivity index (χ1n) is 5.05. The summed E-state index contributed by atoms with van der Waals surface area (Å²) in [6.07, 6.45) is 0.522. The molecule has 2 amide bonds. The van der Waals surface area contributed by atoms with Gasteiger partial charge in [0.1, 0.15) is 11.7 Å². The normalized spacial score (nSPS) is 11.8. The monoisotopic (exact) mass is 339 g/mol. The number of nitrogens with one attached hydrogen (secondary N) is 1. The number of aromatic nitrogens is 1. The van der Waals surface area contributed by atoms with Crippen LogP contribution < -0.4 is 11.1 Å². The highest BCUT2D eigenvalue weighted by atomic mass is 35.5. The minimum Gasteiger partial charge on any atom is -0.480 e. The number of carboxylic acids is 1. The second-order valence-corrected chi connectivity index (χ2v) is 4.78. The van der Waals surface area contributed by atoms with Crippen LogP contribution in [0.4, 0.5) is 0 Å². The first-order chi connectivity index (χ1) is 9.23. The number of carboxylic acid groups (broad SMARTS) is 1. The van der Waals surface area contributed by atoms with Gasteiger partial charge < -0.3 is 16.2 Å². The molecule has 108 valence electrons. The molecule has 1 aromatic rings. The Morgan fingerprint density at radius 3 is 2.40 bits per heavy atom. The molecule has 0 aliphatic rings. The summed E-state index contributed by atoms with van der Waals surface area (Å²) < 4.78 is 0. The van der Waals surface area contributed by atoms with E-state index < -0.39 is 30.2 Å². The van der Waals surface area contributed by atoms with E-state index in [0.717, 1.165) is 6.20 Å². The predicted molar refractivity (Wildman–Crippen MR) is 72.0 cm³/mol. The van der Waals surface area contributed by atoms with Crippen LogP contribution in [-0.4, -0.2) is 33.9 Å². The molecule has 20 heavy (non-hydrogen) atoms. The number of nitrogens with two attached hydrogens (primary N) is 1. The number of hydrogen-bond acceptors (Lipinski definition) is 4. The Kier molecular flexibility index (Phi) is 5.55. The quantitative estimate of drug-likeness (QED) is 0.741. The van der Waals surface area contributed by atoms with Crippen LogP contribution >= 0.6 is 34.8 Å². The molecule has 10 heteroatoms. The zero-order valence-corrected chi connectivity index (χ0v) is 12.0. The molecule has 0 saturated carbocycles. The number of rotatable bonds is 5. The summed E-state index contributed by atoms with van der Waals surface area (Å²) in [6.45, 7) is 0. The van der Waals surface area contributed by atoms with E-state index in [2.05, 4.69) is 10.3 Å². The maximum atomic E-state index is 11.9. The molecule has 0 spiro atoms. The molecule has 0 radical (unpaired) electrons. The Labute approximate surface area is 128 Å². The Hall–Kier alpha value is -1.57. The number of aliphatic carboxylic acids is 1. The molecule has 0 aliphatic heterocycles. The van der Waals surface area contributed by atoms with Crippen LogP contribution in [0.2, 0.25) is 15.1 Å². The lowest BCUT2D eigenvalue weighted by Crippen LogP contribution is -2.43. The van der Waals surface area contributed by atoms with Gasteiger partial charge in [-0.3, -0.25) is 9.59 Å². The van der Waals surface area contributed by atoms with Crippen molar-refractivity contribution in [2.24, 2.45) is 5.73 Å². The summed E-state index contributed by atoms with van der Waals surface area (Å²) in [5.74, 6) is -3.22. The van der Waals surface area contributed by atoms with Crippen molar-refractivity contribution in [2.75, 3.05) is 0 Å². The number of halogens is 3. The van der Waals surface area contributed by atoms with E-state index in [1.165, 1.54) is 0 Å². The summed E-state index contributed by atoms with van der Waals surface area (Å²) in [5.41, 5.74) is 4.58. The average molecular weight is 341 g/mol. The van der Waals surface area contributed by atoms with E-state index in [-0.39, 0.29) is 20.8 Å². The maximum Gasteiger partial charge on any atom is 0.326 e. The summed E-state index contributed by atoms with van der Waals surface area (Å²) in [6, 6.07) is -1.49. The number of carbonyl (C=O) groups is 3. The molecule has 0 bridgehead atoms. The summed E-state index contributed by atoms with van der Waals surface area (Å²) >= 11 is 17.2. The summed E-state index contributed by atoms with van der Waals surface area (Å²) in [7, 11) is 0. The third kappa shape index (κ3) is 3.96. The molecule has 0 fully saturated rings. The summed E-state index contributed by atoms with van der Waals surface area (Å²) in [5, 5.41) is 10.7. The van der Waals surface area contributed by atoms with Gasteiger partial charge in [-0.15, -0.1) is 0 Å². The van der Waals surface area contributed by atoms with E-state index in [0.29, 0.717) is 0 Å². The fourth-order valence-electron chi connectivity index (χ4n) is 1.23. The largest absolute Gasteiger partial charge is 0.480 e. The summed E-state index contributed by atoms with van der Waals surface area (Å²) in [4.78, 5) is 37.1. The van der Waals surface area contributed by atoms with Crippen molar-refractivity contribution in [1.29, 1.82) is 0 Å². The molecule has 1 aromatic heterocycles. The van der Waals surface area contributed by atoms with E-state index in [9.17, 15) is 14.4 Å². The molecular formula is C10H8Cl3N3O4. The van der Waals surface area contributed by atoms with Crippen molar-refractivity contribution in [1.82, 2.24) is 10.3 Å². The van der Waals surface area contributed by atoms with Crippen molar-refractivity contribution < 1.29 is 19.5 Å². The van der Waals surface area contributed by atoms with E-state index in [4.69, 9.17) is 45.6 Å². The minimum atomic E-state index is -1.49. The molecule has 1 rings (SSSR count). The lowest BCUT2D eigenvalue weighted by Gasteiger charge is -2.13. The number of nitrogens with zero attached hydrogens (tertiary/aromatic N) is 1. The highest BCUT2D eigenvalue weighted by Crippen LogP contribution is 2.30. The Morgan fingerprint density at radius 1 is 1.30 bits per heavy atom. The van der Waals surface area contributed by atoms with Crippen molar-refractivity contribution >= 4 is 52.6 Å². The smallest absolute Gasteiger partial charge is 0.326 e. The van der Waals surface area contributed by atoms with Crippen molar-refractivity contribution in [3.05, 3.63) is 27.0 Å². The molecular weight excluding hydrogens is 332 g/mol.